The van der Waals surface area contributed by atoms with Crippen molar-refractivity contribution in [1.82, 2.24) is 15.5 Å². The first-order valence-electron chi connectivity index (χ1n) is 6.39. The predicted octanol–water partition coefficient (Wildman–Crippen LogP) is 1.17. The van der Waals surface area contributed by atoms with E-state index in [-0.39, 0.29) is 12.1 Å². The highest BCUT2D eigenvalue weighted by Crippen LogP contribution is 2.13. The lowest BCUT2D eigenvalue weighted by Crippen LogP contribution is -2.35. The van der Waals surface area contributed by atoms with Gasteiger partial charge in [-0.3, -0.25) is 0 Å². The second-order valence-electron chi connectivity index (χ2n) is 5.29. The fourth-order valence-electron chi connectivity index (χ4n) is 1.48. The number of aliphatic hydroxyl groups excluding tert-OH is 1. The summed E-state index contributed by atoms with van der Waals surface area (Å²) in [6.07, 6.45) is 0.970. The Balaban J connectivity index is 2.60. The Morgan fingerprint density at radius 3 is 2.56 bits per heavy atom. The van der Waals surface area contributed by atoms with Crippen molar-refractivity contribution in [3.63, 3.8) is 0 Å². The van der Waals surface area contributed by atoms with E-state index >= 15 is 0 Å². The Morgan fingerprint density at radius 2 is 2.00 bits per heavy atom. The van der Waals surface area contributed by atoms with Crippen molar-refractivity contribution in [2.45, 2.75) is 46.2 Å². The lowest BCUT2D eigenvalue weighted by atomic mass is 10.1. The first kappa shape index (κ1) is 14.9. The van der Waals surface area contributed by atoms with E-state index in [0.717, 1.165) is 13.0 Å². The maximum Gasteiger partial charge on any atom is 0.318 e. The van der Waals surface area contributed by atoms with Crippen LogP contribution in [0.2, 0.25) is 0 Å². The summed E-state index contributed by atoms with van der Waals surface area (Å²) >= 11 is 0. The molecule has 6 nitrogen and oxygen atoms in total. The van der Waals surface area contributed by atoms with Crippen molar-refractivity contribution in [2.75, 3.05) is 24.6 Å². The van der Waals surface area contributed by atoms with E-state index in [9.17, 15) is 0 Å². The fourth-order valence-corrected chi connectivity index (χ4v) is 1.48. The Kier molecular flexibility index (Phi) is 5.55. The van der Waals surface area contributed by atoms with Gasteiger partial charge in [-0.2, -0.15) is 0 Å². The molecule has 2 N–H and O–H groups in total. The van der Waals surface area contributed by atoms with Crippen molar-refractivity contribution in [3.8, 4) is 0 Å². The normalized spacial score (nSPS) is 11.8. The number of rotatable bonds is 7. The highest BCUT2D eigenvalue weighted by atomic mass is 16.4. The van der Waals surface area contributed by atoms with E-state index in [1.54, 1.807) is 0 Å². The van der Waals surface area contributed by atoms with Gasteiger partial charge >= 0.3 is 6.01 Å². The second-order valence-corrected chi connectivity index (χ2v) is 5.29. The van der Waals surface area contributed by atoms with Crippen LogP contribution in [0.4, 0.5) is 6.01 Å². The van der Waals surface area contributed by atoms with Crippen LogP contribution in [0, 0.1) is 0 Å². The molecule has 0 saturated heterocycles. The molecule has 0 aliphatic heterocycles. The number of aliphatic hydroxyl groups is 1. The van der Waals surface area contributed by atoms with Crippen molar-refractivity contribution >= 4 is 6.01 Å². The number of hydrogen-bond donors (Lipinski definition) is 2. The molecule has 0 radical (unpaired) electrons. The van der Waals surface area contributed by atoms with Crippen molar-refractivity contribution in [1.29, 1.82) is 0 Å². The molecule has 1 heterocycles. The number of nitrogens with one attached hydrogen (secondary N) is 1. The molecular formula is C12H24N4O2. The average molecular weight is 256 g/mol. The molecule has 18 heavy (non-hydrogen) atoms. The van der Waals surface area contributed by atoms with Crippen LogP contribution >= 0.6 is 0 Å². The number of aromatic nitrogens is 2. The van der Waals surface area contributed by atoms with Crippen LogP contribution in [0.3, 0.4) is 0 Å². The van der Waals surface area contributed by atoms with Crippen LogP contribution in [0.15, 0.2) is 4.42 Å². The zero-order valence-corrected chi connectivity index (χ0v) is 11.7. The van der Waals surface area contributed by atoms with Gasteiger partial charge in [0.2, 0.25) is 5.89 Å². The highest BCUT2D eigenvalue weighted by Gasteiger charge is 2.15. The smallest absolute Gasteiger partial charge is 0.318 e. The minimum Gasteiger partial charge on any atom is -0.407 e. The van der Waals surface area contributed by atoms with E-state index in [1.165, 1.54) is 0 Å². The first-order chi connectivity index (χ1) is 8.46. The van der Waals surface area contributed by atoms with Crippen LogP contribution in [0.5, 0.6) is 0 Å². The number of nitrogens with zero attached hydrogens (tertiary/aromatic N) is 3. The molecular weight excluding hydrogens is 232 g/mol. The molecule has 0 atom stereocenters. The van der Waals surface area contributed by atoms with Gasteiger partial charge in [-0.25, -0.2) is 0 Å². The lowest BCUT2D eigenvalue weighted by Gasteiger charge is -2.19. The zero-order chi connectivity index (χ0) is 13.6. The van der Waals surface area contributed by atoms with Gasteiger partial charge in [0.15, 0.2) is 0 Å². The summed E-state index contributed by atoms with van der Waals surface area (Å²) < 4.78 is 5.58. The monoisotopic (exact) mass is 256 g/mol. The Labute approximate surface area is 108 Å². The molecule has 1 aromatic heterocycles. The minimum absolute atomic E-state index is 0.0167. The van der Waals surface area contributed by atoms with E-state index < -0.39 is 0 Å². The van der Waals surface area contributed by atoms with Crippen LogP contribution in [-0.4, -0.2) is 40.5 Å². The van der Waals surface area contributed by atoms with E-state index in [1.807, 2.05) is 4.90 Å². The van der Waals surface area contributed by atoms with Crippen LogP contribution in [0.25, 0.3) is 0 Å². The number of hydrogen-bond acceptors (Lipinski definition) is 6. The average Bonchev–Trinajstić information content (AvgIpc) is 2.74. The Bertz CT molecular complexity index is 340. The summed E-state index contributed by atoms with van der Waals surface area (Å²) in [7, 11) is 0. The second kappa shape index (κ2) is 6.70. The third-order valence-electron chi connectivity index (χ3n) is 2.36. The van der Waals surface area contributed by atoms with Crippen LogP contribution < -0.4 is 10.2 Å². The van der Waals surface area contributed by atoms with E-state index in [2.05, 4.69) is 43.2 Å². The van der Waals surface area contributed by atoms with Gasteiger partial charge in [-0.05, 0) is 27.2 Å². The van der Waals surface area contributed by atoms with Gasteiger partial charge in [0, 0.05) is 18.6 Å². The molecule has 0 aliphatic rings. The summed E-state index contributed by atoms with van der Waals surface area (Å²) in [4.78, 5) is 1.90. The molecule has 0 aromatic carbocycles. The molecule has 0 spiro atoms. The van der Waals surface area contributed by atoms with E-state index in [0.29, 0.717) is 25.0 Å². The molecule has 0 bridgehead atoms. The quantitative estimate of drug-likeness (QED) is 0.762. The molecule has 0 amide bonds. The molecule has 1 rings (SSSR count). The lowest BCUT2D eigenvalue weighted by molar-refractivity contribution is 0.297. The molecule has 0 unspecified atom stereocenters. The van der Waals surface area contributed by atoms with E-state index in [4.69, 9.17) is 9.52 Å². The SMILES string of the molecule is CCCN(CCO)c1nnc(CNC(C)(C)C)o1. The summed E-state index contributed by atoms with van der Waals surface area (Å²) in [5.41, 5.74) is 0.0167. The number of anilines is 1. The molecule has 1 aromatic rings. The van der Waals surface area contributed by atoms with Gasteiger partial charge < -0.3 is 19.7 Å². The molecule has 0 saturated carbocycles. The van der Waals surface area contributed by atoms with Gasteiger partial charge in [0.1, 0.15) is 0 Å². The van der Waals surface area contributed by atoms with Crippen molar-refractivity contribution in [2.24, 2.45) is 0 Å². The fraction of sp³-hybridized carbons (Fsp3) is 0.833. The zero-order valence-electron chi connectivity index (χ0n) is 11.7. The minimum atomic E-state index is 0.0167. The predicted molar refractivity (Wildman–Crippen MR) is 70.5 cm³/mol. The Hall–Kier alpha value is -1.14. The van der Waals surface area contributed by atoms with Crippen LogP contribution in [-0.2, 0) is 6.54 Å². The largest absolute Gasteiger partial charge is 0.407 e. The summed E-state index contributed by atoms with van der Waals surface area (Å²) in [6.45, 7) is 10.3. The molecule has 0 fully saturated rings. The van der Waals surface area contributed by atoms with Crippen molar-refractivity contribution in [3.05, 3.63) is 5.89 Å². The van der Waals surface area contributed by atoms with Gasteiger partial charge in [-0.15, -0.1) is 5.10 Å². The maximum absolute atomic E-state index is 9.00. The Morgan fingerprint density at radius 1 is 1.28 bits per heavy atom. The van der Waals surface area contributed by atoms with Gasteiger partial charge in [0.05, 0.1) is 13.2 Å². The summed E-state index contributed by atoms with van der Waals surface area (Å²) in [6, 6.07) is 0.483. The third-order valence-corrected chi connectivity index (χ3v) is 2.36. The molecule has 0 aliphatic carbocycles. The third kappa shape index (κ3) is 5.01. The summed E-state index contributed by atoms with van der Waals surface area (Å²) in [5, 5.41) is 20.3. The topological polar surface area (TPSA) is 74.4 Å². The first-order valence-corrected chi connectivity index (χ1v) is 6.39. The highest BCUT2D eigenvalue weighted by molar-refractivity contribution is 5.23. The maximum atomic E-state index is 9.00. The van der Waals surface area contributed by atoms with Crippen LogP contribution in [0.1, 0.15) is 40.0 Å². The van der Waals surface area contributed by atoms with Gasteiger partial charge in [-0.1, -0.05) is 12.0 Å². The molecule has 6 heteroatoms. The summed E-state index contributed by atoms with van der Waals surface area (Å²) in [5.74, 6) is 0.568. The van der Waals surface area contributed by atoms with Gasteiger partial charge in [0.25, 0.3) is 0 Å². The van der Waals surface area contributed by atoms with Crippen molar-refractivity contribution < 1.29 is 9.52 Å². The standard InChI is InChI=1S/C12H24N4O2/c1-5-6-16(7-8-17)11-15-14-10(18-11)9-13-12(2,3)4/h13,17H,5-9H2,1-4H3. The molecule has 104 valence electrons.